The molecule has 0 spiro atoms. The molecule has 1 N–H and O–H groups in total. The number of thioether (sulfide) groups is 1. The first kappa shape index (κ1) is 15.5. The molecule has 94 valence electrons. The summed E-state index contributed by atoms with van der Waals surface area (Å²) in [6.07, 6.45) is 1.98. The predicted molar refractivity (Wildman–Crippen MR) is 67.8 cm³/mol. The number of Topliss-reactive ketones (excluding diaryl/α,β-unsaturated/α-hetero) is 1. The molecule has 0 bridgehead atoms. The second-order valence-corrected chi connectivity index (χ2v) is 5.19. The summed E-state index contributed by atoms with van der Waals surface area (Å²) in [7, 11) is 0. The van der Waals surface area contributed by atoms with Crippen LogP contribution in [-0.4, -0.2) is 28.4 Å². The molecule has 1 atom stereocenters. The Bertz CT molecular complexity index is 224. The zero-order chi connectivity index (χ0) is 12.6. The van der Waals surface area contributed by atoms with Crippen molar-refractivity contribution in [3.05, 3.63) is 0 Å². The summed E-state index contributed by atoms with van der Waals surface area (Å²) in [5.74, 6) is 1.11. The molecule has 0 aliphatic carbocycles. The Morgan fingerprint density at radius 3 is 2.25 bits per heavy atom. The SMILES string of the molecule is CCC(CC)C(=O)C(C)CSCCC(=O)O. The molecule has 0 radical (unpaired) electrons. The molecule has 0 amide bonds. The lowest BCUT2D eigenvalue weighted by Gasteiger charge is -2.16. The van der Waals surface area contributed by atoms with Gasteiger partial charge in [-0.3, -0.25) is 9.59 Å². The molecule has 4 heteroatoms. The maximum absolute atomic E-state index is 11.9. The molecule has 0 saturated carbocycles. The normalized spacial score (nSPS) is 12.8. The summed E-state index contributed by atoms with van der Waals surface area (Å²) >= 11 is 1.55. The van der Waals surface area contributed by atoms with Crippen molar-refractivity contribution in [1.82, 2.24) is 0 Å². The van der Waals surface area contributed by atoms with Crippen LogP contribution in [0.1, 0.15) is 40.0 Å². The fraction of sp³-hybridized carbons (Fsp3) is 0.833. The van der Waals surface area contributed by atoms with Crippen LogP contribution in [0.3, 0.4) is 0 Å². The van der Waals surface area contributed by atoms with E-state index in [1.54, 1.807) is 11.8 Å². The molecule has 1 unspecified atom stereocenters. The number of carbonyl (C=O) groups excluding carboxylic acids is 1. The highest BCUT2D eigenvalue weighted by atomic mass is 32.2. The van der Waals surface area contributed by atoms with E-state index in [4.69, 9.17) is 5.11 Å². The van der Waals surface area contributed by atoms with Crippen LogP contribution in [-0.2, 0) is 9.59 Å². The Hall–Kier alpha value is -0.510. The van der Waals surface area contributed by atoms with Crippen LogP contribution >= 0.6 is 11.8 Å². The van der Waals surface area contributed by atoms with Gasteiger partial charge in [0.25, 0.3) is 0 Å². The highest BCUT2D eigenvalue weighted by molar-refractivity contribution is 7.99. The Morgan fingerprint density at radius 2 is 1.81 bits per heavy atom. The van der Waals surface area contributed by atoms with E-state index in [2.05, 4.69) is 0 Å². The van der Waals surface area contributed by atoms with E-state index in [9.17, 15) is 9.59 Å². The molecule has 0 saturated heterocycles. The number of carboxylic acids is 1. The van der Waals surface area contributed by atoms with E-state index in [0.29, 0.717) is 11.5 Å². The minimum absolute atomic E-state index is 0.0451. The van der Waals surface area contributed by atoms with Crippen molar-refractivity contribution in [2.45, 2.75) is 40.0 Å². The molecule has 3 nitrogen and oxygen atoms in total. The summed E-state index contributed by atoms with van der Waals surface area (Å²) < 4.78 is 0. The summed E-state index contributed by atoms with van der Waals surface area (Å²) in [5.41, 5.74) is 0. The number of rotatable bonds is 9. The zero-order valence-electron chi connectivity index (χ0n) is 10.4. The van der Waals surface area contributed by atoms with Gasteiger partial charge in [0.2, 0.25) is 0 Å². The molecular weight excluding hydrogens is 224 g/mol. The molecular formula is C12H22O3S. The summed E-state index contributed by atoms with van der Waals surface area (Å²) in [6.45, 7) is 6.02. The van der Waals surface area contributed by atoms with E-state index in [1.807, 2.05) is 20.8 Å². The van der Waals surface area contributed by atoms with Gasteiger partial charge in [0, 0.05) is 23.3 Å². The van der Waals surface area contributed by atoms with E-state index in [-0.39, 0.29) is 18.3 Å². The maximum atomic E-state index is 11.9. The van der Waals surface area contributed by atoms with Gasteiger partial charge < -0.3 is 5.11 Å². The number of hydrogen-bond donors (Lipinski definition) is 1. The van der Waals surface area contributed by atoms with Gasteiger partial charge in [-0.25, -0.2) is 0 Å². The minimum atomic E-state index is -0.772. The number of carboxylic acid groups (broad SMARTS) is 1. The average molecular weight is 246 g/mol. The lowest BCUT2D eigenvalue weighted by Crippen LogP contribution is -2.22. The van der Waals surface area contributed by atoms with Crippen LogP contribution in [0.25, 0.3) is 0 Å². The van der Waals surface area contributed by atoms with Crippen LogP contribution < -0.4 is 0 Å². The monoisotopic (exact) mass is 246 g/mol. The lowest BCUT2D eigenvalue weighted by atomic mass is 9.91. The van der Waals surface area contributed by atoms with Gasteiger partial charge in [0.1, 0.15) is 5.78 Å². The predicted octanol–water partition coefficient (Wildman–Crippen LogP) is 2.84. The van der Waals surface area contributed by atoms with Gasteiger partial charge in [0.15, 0.2) is 0 Å². The Balaban J connectivity index is 3.82. The molecule has 0 aromatic rings. The number of carbonyl (C=O) groups is 2. The third-order valence-electron chi connectivity index (χ3n) is 2.70. The molecule has 0 rings (SSSR count). The lowest BCUT2D eigenvalue weighted by molar-refractivity contribution is -0.136. The van der Waals surface area contributed by atoms with Crippen molar-refractivity contribution >= 4 is 23.5 Å². The molecule has 0 fully saturated rings. The summed E-state index contributed by atoms with van der Waals surface area (Å²) in [6, 6.07) is 0. The molecule has 0 heterocycles. The first-order valence-electron chi connectivity index (χ1n) is 5.86. The molecule has 0 aliphatic rings. The largest absolute Gasteiger partial charge is 0.481 e. The van der Waals surface area contributed by atoms with Gasteiger partial charge in [-0.2, -0.15) is 11.8 Å². The van der Waals surface area contributed by atoms with Gasteiger partial charge in [-0.1, -0.05) is 20.8 Å². The first-order valence-corrected chi connectivity index (χ1v) is 7.01. The fourth-order valence-corrected chi connectivity index (χ4v) is 2.60. The second-order valence-electron chi connectivity index (χ2n) is 4.04. The van der Waals surface area contributed by atoms with Crippen LogP contribution in [0.2, 0.25) is 0 Å². The quantitative estimate of drug-likeness (QED) is 0.636. The molecule has 0 aromatic heterocycles. The van der Waals surface area contributed by atoms with Crippen LogP contribution in [0, 0.1) is 11.8 Å². The zero-order valence-corrected chi connectivity index (χ0v) is 11.2. The van der Waals surface area contributed by atoms with Crippen molar-refractivity contribution in [2.24, 2.45) is 11.8 Å². The van der Waals surface area contributed by atoms with E-state index < -0.39 is 5.97 Å². The standard InChI is InChI=1S/C12H22O3S/c1-4-10(5-2)12(15)9(3)8-16-7-6-11(13)14/h9-10H,4-8H2,1-3H3,(H,13,14). The minimum Gasteiger partial charge on any atom is -0.481 e. The Morgan fingerprint density at radius 1 is 1.25 bits per heavy atom. The van der Waals surface area contributed by atoms with Crippen LogP contribution in [0.4, 0.5) is 0 Å². The van der Waals surface area contributed by atoms with Crippen molar-refractivity contribution in [2.75, 3.05) is 11.5 Å². The summed E-state index contributed by atoms with van der Waals surface area (Å²) in [4.78, 5) is 22.2. The van der Waals surface area contributed by atoms with Gasteiger partial charge in [-0.05, 0) is 12.8 Å². The van der Waals surface area contributed by atoms with Crippen molar-refractivity contribution in [1.29, 1.82) is 0 Å². The van der Waals surface area contributed by atoms with E-state index in [0.717, 1.165) is 18.6 Å². The van der Waals surface area contributed by atoms with Crippen LogP contribution in [0.15, 0.2) is 0 Å². The third kappa shape index (κ3) is 6.16. The van der Waals surface area contributed by atoms with Crippen molar-refractivity contribution in [3.63, 3.8) is 0 Å². The Labute approximate surface area is 102 Å². The van der Waals surface area contributed by atoms with Crippen molar-refractivity contribution < 1.29 is 14.7 Å². The number of aliphatic carboxylic acids is 1. The van der Waals surface area contributed by atoms with Crippen molar-refractivity contribution in [3.8, 4) is 0 Å². The van der Waals surface area contributed by atoms with Crippen LogP contribution in [0.5, 0.6) is 0 Å². The first-order chi connectivity index (χ1) is 7.52. The smallest absolute Gasteiger partial charge is 0.304 e. The molecule has 0 aromatic carbocycles. The van der Waals surface area contributed by atoms with E-state index >= 15 is 0 Å². The third-order valence-corrected chi connectivity index (χ3v) is 3.93. The van der Waals surface area contributed by atoms with Gasteiger partial charge in [0.05, 0.1) is 6.42 Å². The highest BCUT2D eigenvalue weighted by Crippen LogP contribution is 2.18. The number of ketones is 1. The maximum Gasteiger partial charge on any atom is 0.304 e. The highest BCUT2D eigenvalue weighted by Gasteiger charge is 2.20. The Kier molecular flexibility index (Phi) is 8.35. The van der Waals surface area contributed by atoms with Gasteiger partial charge in [-0.15, -0.1) is 0 Å². The van der Waals surface area contributed by atoms with E-state index in [1.165, 1.54) is 0 Å². The second kappa shape index (κ2) is 8.62. The fourth-order valence-electron chi connectivity index (χ4n) is 1.60. The number of hydrogen-bond acceptors (Lipinski definition) is 3. The average Bonchev–Trinajstić information content (AvgIpc) is 2.25. The molecule has 0 aliphatic heterocycles. The topological polar surface area (TPSA) is 54.4 Å². The summed E-state index contributed by atoms with van der Waals surface area (Å²) in [5, 5.41) is 8.47. The van der Waals surface area contributed by atoms with Gasteiger partial charge >= 0.3 is 5.97 Å². The molecule has 16 heavy (non-hydrogen) atoms.